The normalized spacial score (nSPS) is 14.4. The van der Waals surface area contributed by atoms with Gasteiger partial charge in [0.1, 0.15) is 11.6 Å². The summed E-state index contributed by atoms with van der Waals surface area (Å²) in [5.41, 5.74) is 3.53. The minimum atomic E-state index is -0.160. The molecular formula is C16H15BrF2N2. The molecule has 0 amide bonds. The van der Waals surface area contributed by atoms with Gasteiger partial charge in [0.25, 0.3) is 0 Å². The molecule has 0 bridgehead atoms. The topological polar surface area (TPSA) is 24.1 Å². The Bertz CT molecular complexity index is 674. The Morgan fingerprint density at radius 3 is 2.24 bits per heavy atom. The summed E-state index contributed by atoms with van der Waals surface area (Å²) in [6, 6.07) is 8.63. The predicted molar refractivity (Wildman–Crippen MR) is 84.9 cm³/mol. The highest BCUT2D eigenvalue weighted by atomic mass is 79.9. The Morgan fingerprint density at radius 1 is 0.857 bits per heavy atom. The summed E-state index contributed by atoms with van der Waals surface area (Å²) in [6.07, 6.45) is 1.87. The van der Waals surface area contributed by atoms with Crippen LogP contribution < -0.4 is 10.6 Å². The molecule has 0 aromatic heterocycles. The first-order chi connectivity index (χ1) is 10.1. The van der Waals surface area contributed by atoms with Crippen molar-refractivity contribution >= 4 is 27.3 Å². The van der Waals surface area contributed by atoms with Gasteiger partial charge in [-0.15, -0.1) is 0 Å². The fourth-order valence-electron chi connectivity index (χ4n) is 2.64. The standard InChI is InChI=1S/C8H7BrFN.C8H8FN/c9-6-3-5-1-2-11-8(5)7(10)4-6;9-7-3-1-2-6-4-5-10-8(6)7/h3-4,11H,1-2H2;1-3,10H,4-5H2. The van der Waals surface area contributed by atoms with Crippen LogP contribution in [-0.4, -0.2) is 13.1 Å². The molecule has 2 N–H and O–H groups in total. The lowest BCUT2D eigenvalue weighted by atomic mass is 10.2. The van der Waals surface area contributed by atoms with E-state index in [1.807, 2.05) is 12.1 Å². The highest BCUT2D eigenvalue weighted by molar-refractivity contribution is 9.10. The summed E-state index contributed by atoms with van der Waals surface area (Å²) in [6.45, 7) is 1.72. The SMILES string of the molecule is Fc1cc(Br)cc2c1NCC2.Fc1cccc2c1NCC2. The number of hydrogen-bond acceptors (Lipinski definition) is 2. The number of rotatable bonds is 0. The van der Waals surface area contributed by atoms with Gasteiger partial charge in [-0.1, -0.05) is 28.1 Å². The number of halogens is 3. The van der Waals surface area contributed by atoms with E-state index < -0.39 is 0 Å². The first-order valence-electron chi connectivity index (χ1n) is 6.88. The van der Waals surface area contributed by atoms with Crippen molar-refractivity contribution in [2.75, 3.05) is 23.7 Å². The lowest BCUT2D eigenvalue weighted by Gasteiger charge is -2.01. The summed E-state index contributed by atoms with van der Waals surface area (Å²) < 4.78 is 26.7. The maximum absolute atomic E-state index is 13.1. The molecule has 110 valence electrons. The number of benzene rings is 2. The van der Waals surface area contributed by atoms with E-state index in [-0.39, 0.29) is 11.6 Å². The van der Waals surface area contributed by atoms with Crippen molar-refractivity contribution in [3.8, 4) is 0 Å². The highest BCUT2D eigenvalue weighted by Gasteiger charge is 2.14. The molecule has 2 aliphatic rings. The molecule has 2 aromatic carbocycles. The third-order valence-corrected chi connectivity index (χ3v) is 4.09. The second-order valence-electron chi connectivity index (χ2n) is 5.05. The third kappa shape index (κ3) is 3.02. The van der Waals surface area contributed by atoms with Crippen molar-refractivity contribution in [3.05, 3.63) is 57.6 Å². The molecule has 5 heteroatoms. The fourth-order valence-corrected chi connectivity index (χ4v) is 3.12. The van der Waals surface area contributed by atoms with E-state index in [1.165, 1.54) is 12.1 Å². The average molecular weight is 353 g/mol. The lowest BCUT2D eigenvalue weighted by molar-refractivity contribution is 0.630. The largest absolute Gasteiger partial charge is 0.382 e. The summed E-state index contributed by atoms with van der Waals surface area (Å²) in [4.78, 5) is 0. The van der Waals surface area contributed by atoms with Crippen molar-refractivity contribution < 1.29 is 8.78 Å². The monoisotopic (exact) mass is 352 g/mol. The van der Waals surface area contributed by atoms with Crippen LogP contribution in [0.4, 0.5) is 20.2 Å². The highest BCUT2D eigenvalue weighted by Crippen LogP contribution is 2.28. The zero-order valence-corrected chi connectivity index (χ0v) is 12.9. The van der Waals surface area contributed by atoms with Crippen molar-refractivity contribution in [2.24, 2.45) is 0 Å². The zero-order chi connectivity index (χ0) is 14.8. The van der Waals surface area contributed by atoms with E-state index in [2.05, 4.69) is 26.6 Å². The minimum Gasteiger partial charge on any atom is -0.382 e. The van der Waals surface area contributed by atoms with E-state index >= 15 is 0 Å². The molecule has 4 rings (SSSR count). The van der Waals surface area contributed by atoms with Gasteiger partial charge in [-0.2, -0.15) is 0 Å². The van der Waals surface area contributed by atoms with Gasteiger partial charge in [0.15, 0.2) is 0 Å². The van der Waals surface area contributed by atoms with Crippen LogP contribution in [0.25, 0.3) is 0 Å². The molecule has 0 spiro atoms. The third-order valence-electron chi connectivity index (χ3n) is 3.63. The van der Waals surface area contributed by atoms with E-state index in [9.17, 15) is 8.78 Å². The van der Waals surface area contributed by atoms with Crippen LogP contribution >= 0.6 is 15.9 Å². The van der Waals surface area contributed by atoms with Crippen molar-refractivity contribution in [1.82, 2.24) is 0 Å². The zero-order valence-electron chi connectivity index (χ0n) is 11.3. The average Bonchev–Trinajstić information content (AvgIpc) is 3.08. The van der Waals surface area contributed by atoms with Crippen LogP contribution in [0, 0.1) is 11.6 Å². The Balaban J connectivity index is 0.000000126. The predicted octanol–water partition coefficient (Wildman–Crippen LogP) is 4.35. The summed E-state index contributed by atoms with van der Waals surface area (Å²) in [5.74, 6) is -0.290. The van der Waals surface area contributed by atoms with Crippen LogP contribution in [0.2, 0.25) is 0 Å². The van der Waals surface area contributed by atoms with Gasteiger partial charge >= 0.3 is 0 Å². The summed E-state index contributed by atoms with van der Waals surface area (Å²) >= 11 is 3.25. The molecule has 2 nitrogen and oxygen atoms in total. The smallest absolute Gasteiger partial charge is 0.147 e. The van der Waals surface area contributed by atoms with Crippen molar-refractivity contribution in [2.45, 2.75) is 12.8 Å². The first kappa shape index (κ1) is 14.3. The molecule has 21 heavy (non-hydrogen) atoms. The molecule has 0 aliphatic carbocycles. The van der Waals surface area contributed by atoms with E-state index in [1.54, 1.807) is 6.07 Å². The first-order valence-corrected chi connectivity index (χ1v) is 7.67. The molecule has 0 saturated heterocycles. The fraction of sp³-hybridized carbons (Fsp3) is 0.250. The maximum Gasteiger partial charge on any atom is 0.147 e. The second kappa shape index (κ2) is 6.02. The van der Waals surface area contributed by atoms with Gasteiger partial charge in [0, 0.05) is 17.6 Å². The van der Waals surface area contributed by atoms with Crippen LogP contribution in [0.5, 0.6) is 0 Å². The van der Waals surface area contributed by atoms with Gasteiger partial charge in [-0.05, 0) is 42.2 Å². The number of fused-ring (bicyclic) bond motifs is 2. The van der Waals surface area contributed by atoms with Gasteiger partial charge in [0.2, 0.25) is 0 Å². The van der Waals surface area contributed by atoms with Crippen molar-refractivity contribution in [3.63, 3.8) is 0 Å². The quantitative estimate of drug-likeness (QED) is 0.736. The van der Waals surface area contributed by atoms with E-state index in [0.717, 1.165) is 41.5 Å². The maximum atomic E-state index is 13.1. The van der Waals surface area contributed by atoms with Gasteiger partial charge < -0.3 is 10.6 Å². The molecule has 0 atom stereocenters. The Hall–Kier alpha value is -1.62. The Morgan fingerprint density at radius 2 is 1.52 bits per heavy atom. The lowest BCUT2D eigenvalue weighted by Crippen LogP contribution is -1.93. The number of para-hydroxylation sites is 1. The molecule has 0 fully saturated rings. The van der Waals surface area contributed by atoms with Crippen LogP contribution in [-0.2, 0) is 12.8 Å². The second-order valence-corrected chi connectivity index (χ2v) is 5.96. The minimum absolute atomic E-state index is 0.130. The Labute approximate surface area is 130 Å². The summed E-state index contributed by atoms with van der Waals surface area (Å²) in [5, 5.41) is 5.99. The number of nitrogens with one attached hydrogen (secondary N) is 2. The van der Waals surface area contributed by atoms with Crippen molar-refractivity contribution in [1.29, 1.82) is 0 Å². The number of anilines is 2. The molecule has 0 saturated carbocycles. The molecule has 2 heterocycles. The van der Waals surface area contributed by atoms with Crippen LogP contribution in [0.1, 0.15) is 11.1 Å². The van der Waals surface area contributed by atoms with Crippen LogP contribution in [0.3, 0.4) is 0 Å². The van der Waals surface area contributed by atoms with Crippen LogP contribution in [0.15, 0.2) is 34.8 Å². The molecule has 0 unspecified atom stereocenters. The van der Waals surface area contributed by atoms with E-state index in [4.69, 9.17) is 0 Å². The number of hydrogen-bond donors (Lipinski definition) is 2. The van der Waals surface area contributed by atoms with E-state index in [0.29, 0.717) is 11.4 Å². The van der Waals surface area contributed by atoms with Gasteiger partial charge in [0.05, 0.1) is 11.4 Å². The molecular weight excluding hydrogens is 338 g/mol. The summed E-state index contributed by atoms with van der Waals surface area (Å²) in [7, 11) is 0. The molecule has 2 aliphatic heterocycles. The molecule has 0 radical (unpaired) electrons. The molecule has 2 aromatic rings. The van der Waals surface area contributed by atoms with Gasteiger partial charge in [-0.3, -0.25) is 0 Å². The van der Waals surface area contributed by atoms with Gasteiger partial charge in [-0.25, -0.2) is 8.78 Å². The Kier molecular flexibility index (Phi) is 4.10.